The van der Waals surface area contributed by atoms with Gasteiger partial charge in [-0.1, -0.05) is 32.9 Å². The molecule has 0 radical (unpaired) electrons. The molecule has 0 N–H and O–H groups in total. The monoisotopic (exact) mass is 522 g/mol. The Morgan fingerprint density at radius 1 is 0.795 bits per heavy atom. The molecule has 0 spiro atoms. The number of para-hydroxylation sites is 2. The standard InChI is InChI=1S/C32H38N6O/c1-32(2,3)22-15-24(38-21-37(8)28-11-9-10-12-29(28)38)17-25(16-22)39-31-18-27(34-20-30(31)36(6)7)26-14-13-23(19-33-26)35(4)5/h9-20H,21H2,1-8H3. The summed E-state index contributed by atoms with van der Waals surface area (Å²) in [6.07, 6.45) is 3.72. The molecule has 39 heavy (non-hydrogen) atoms. The molecule has 4 aromatic rings. The van der Waals surface area contributed by atoms with Gasteiger partial charge >= 0.3 is 0 Å². The predicted octanol–water partition coefficient (Wildman–Crippen LogP) is 6.91. The van der Waals surface area contributed by atoms with Crippen LogP contribution in [-0.4, -0.2) is 51.9 Å². The number of ether oxygens (including phenoxy) is 1. The highest BCUT2D eigenvalue weighted by molar-refractivity contribution is 5.82. The highest BCUT2D eigenvalue weighted by Crippen LogP contribution is 2.43. The minimum atomic E-state index is -0.0504. The van der Waals surface area contributed by atoms with Crippen molar-refractivity contribution in [2.24, 2.45) is 0 Å². The SMILES string of the molecule is CN(C)c1ccc(-c2cc(Oc3cc(N4CN(C)c5ccccc54)cc(C(C)(C)C)c3)c(N(C)C)cn2)nc1. The Kier molecular flexibility index (Phi) is 6.85. The zero-order valence-corrected chi connectivity index (χ0v) is 24.2. The van der Waals surface area contributed by atoms with E-state index >= 15 is 0 Å². The van der Waals surface area contributed by atoms with Gasteiger partial charge in [0.15, 0.2) is 5.75 Å². The molecule has 1 aliphatic rings. The smallest absolute Gasteiger partial charge is 0.154 e. The molecule has 0 aliphatic carbocycles. The zero-order chi connectivity index (χ0) is 27.9. The number of hydrogen-bond acceptors (Lipinski definition) is 7. The average Bonchev–Trinajstić information content (AvgIpc) is 3.24. The van der Waals surface area contributed by atoms with Crippen molar-refractivity contribution in [3.05, 3.63) is 78.6 Å². The minimum absolute atomic E-state index is 0.0504. The molecule has 3 heterocycles. The normalized spacial score (nSPS) is 12.9. The first-order chi connectivity index (χ1) is 18.5. The largest absolute Gasteiger partial charge is 0.455 e. The van der Waals surface area contributed by atoms with Gasteiger partial charge in [0, 0.05) is 53.1 Å². The second kappa shape index (κ2) is 10.1. The number of rotatable bonds is 6. The number of hydrogen-bond donors (Lipinski definition) is 0. The van der Waals surface area contributed by atoms with Gasteiger partial charge in [0.05, 0.1) is 53.2 Å². The summed E-state index contributed by atoms with van der Waals surface area (Å²) >= 11 is 0. The Morgan fingerprint density at radius 3 is 2.15 bits per heavy atom. The van der Waals surface area contributed by atoms with E-state index in [-0.39, 0.29) is 5.41 Å². The van der Waals surface area contributed by atoms with Crippen LogP contribution in [0.15, 0.2) is 73.1 Å². The predicted molar refractivity (Wildman–Crippen MR) is 163 cm³/mol. The molecule has 0 amide bonds. The van der Waals surface area contributed by atoms with Crippen LogP contribution in [0, 0.1) is 0 Å². The highest BCUT2D eigenvalue weighted by Gasteiger charge is 2.26. The summed E-state index contributed by atoms with van der Waals surface area (Å²) in [4.78, 5) is 18.0. The van der Waals surface area contributed by atoms with Crippen LogP contribution in [-0.2, 0) is 5.41 Å². The number of benzene rings is 2. The molecular weight excluding hydrogens is 484 g/mol. The van der Waals surface area contributed by atoms with Crippen LogP contribution in [0.5, 0.6) is 11.5 Å². The van der Waals surface area contributed by atoms with E-state index in [0.717, 1.165) is 46.6 Å². The summed E-state index contributed by atoms with van der Waals surface area (Å²) in [5, 5.41) is 0. The Morgan fingerprint density at radius 2 is 1.51 bits per heavy atom. The first kappa shape index (κ1) is 26.4. The summed E-state index contributed by atoms with van der Waals surface area (Å²) in [5.74, 6) is 1.53. The lowest BCUT2D eigenvalue weighted by Crippen LogP contribution is -2.24. The van der Waals surface area contributed by atoms with Crippen molar-refractivity contribution < 1.29 is 4.74 Å². The summed E-state index contributed by atoms with van der Waals surface area (Å²) in [7, 11) is 10.1. The van der Waals surface area contributed by atoms with Crippen molar-refractivity contribution in [1.82, 2.24) is 9.97 Å². The summed E-state index contributed by atoms with van der Waals surface area (Å²) in [6.45, 7) is 7.49. The van der Waals surface area contributed by atoms with Gasteiger partial charge in [-0.25, -0.2) is 0 Å². The zero-order valence-electron chi connectivity index (χ0n) is 24.2. The minimum Gasteiger partial charge on any atom is -0.455 e. The van der Waals surface area contributed by atoms with Crippen molar-refractivity contribution in [1.29, 1.82) is 0 Å². The lowest BCUT2D eigenvalue weighted by atomic mass is 9.86. The second-order valence-corrected chi connectivity index (χ2v) is 11.6. The van der Waals surface area contributed by atoms with Crippen LogP contribution in [0.4, 0.5) is 28.4 Å². The number of pyridine rings is 2. The maximum Gasteiger partial charge on any atom is 0.154 e. The van der Waals surface area contributed by atoms with Crippen LogP contribution in [0.3, 0.4) is 0 Å². The number of fused-ring (bicyclic) bond motifs is 1. The molecule has 7 nitrogen and oxygen atoms in total. The third kappa shape index (κ3) is 5.35. The molecule has 7 heteroatoms. The molecular formula is C32H38N6O. The molecule has 0 unspecified atom stereocenters. The molecule has 202 valence electrons. The van der Waals surface area contributed by atoms with Crippen LogP contribution in [0.25, 0.3) is 11.4 Å². The molecule has 0 saturated heterocycles. The quantitative estimate of drug-likeness (QED) is 0.273. The van der Waals surface area contributed by atoms with Gasteiger partial charge in [-0.2, -0.15) is 0 Å². The summed E-state index contributed by atoms with van der Waals surface area (Å²) in [6, 6.07) is 21.1. The van der Waals surface area contributed by atoms with Crippen LogP contribution in [0.1, 0.15) is 26.3 Å². The lowest BCUT2D eigenvalue weighted by Gasteiger charge is -2.26. The second-order valence-electron chi connectivity index (χ2n) is 11.6. The Bertz CT molecular complexity index is 1470. The molecule has 0 fully saturated rings. The van der Waals surface area contributed by atoms with Crippen LogP contribution < -0.4 is 24.3 Å². The van der Waals surface area contributed by atoms with E-state index in [9.17, 15) is 0 Å². The van der Waals surface area contributed by atoms with Gasteiger partial charge < -0.3 is 24.3 Å². The first-order valence-corrected chi connectivity index (χ1v) is 13.2. The van der Waals surface area contributed by atoms with Crippen molar-refractivity contribution in [3.63, 3.8) is 0 Å². The summed E-state index contributed by atoms with van der Waals surface area (Å²) < 4.78 is 6.69. The first-order valence-electron chi connectivity index (χ1n) is 13.2. The Labute approximate surface area is 232 Å². The van der Waals surface area contributed by atoms with Crippen molar-refractivity contribution in [3.8, 4) is 22.9 Å². The molecule has 2 aromatic carbocycles. The van der Waals surface area contributed by atoms with E-state index in [1.54, 1.807) is 0 Å². The molecule has 0 saturated carbocycles. The number of anilines is 5. The maximum absolute atomic E-state index is 6.69. The van der Waals surface area contributed by atoms with Crippen molar-refractivity contribution in [2.45, 2.75) is 26.2 Å². The van der Waals surface area contributed by atoms with E-state index in [1.165, 1.54) is 16.9 Å². The van der Waals surface area contributed by atoms with E-state index in [2.05, 4.69) is 85.1 Å². The molecule has 5 rings (SSSR count). The maximum atomic E-state index is 6.69. The van der Waals surface area contributed by atoms with Gasteiger partial charge in [0.2, 0.25) is 0 Å². The van der Waals surface area contributed by atoms with E-state index < -0.39 is 0 Å². The Balaban J connectivity index is 1.56. The highest BCUT2D eigenvalue weighted by atomic mass is 16.5. The number of nitrogens with zero attached hydrogens (tertiary/aromatic N) is 6. The molecule has 0 atom stereocenters. The van der Waals surface area contributed by atoms with E-state index in [0.29, 0.717) is 0 Å². The van der Waals surface area contributed by atoms with E-state index in [1.807, 2.05) is 68.6 Å². The van der Waals surface area contributed by atoms with Crippen LogP contribution in [0.2, 0.25) is 0 Å². The average molecular weight is 523 g/mol. The third-order valence-electron chi connectivity index (χ3n) is 7.09. The van der Waals surface area contributed by atoms with E-state index in [4.69, 9.17) is 9.72 Å². The third-order valence-corrected chi connectivity index (χ3v) is 7.09. The van der Waals surface area contributed by atoms with Crippen molar-refractivity contribution >= 4 is 28.4 Å². The van der Waals surface area contributed by atoms with Gasteiger partial charge in [0.1, 0.15) is 5.75 Å². The lowest BCUT2D eigenvalue weighted by molar-refractivity contribution is 0.478. The van der Waals surface area contributed by atoms with Gasteiger partial charge in [-0.3, -0.25) is 9.97 Å². The van der Waals surface area contributed by atoms with Gasteiger partial charge in [0.25, 0.3) is 0 Å². The topological polar surface area (TPSA) is 48.0 Å². The molecule has 1 aliphatic heterocycles. The molecule has 0 bridgehead atoms. The van der Waals surface area contributed by atoms with Gasteiger partial charge in [-0.05, 0) is 47.4 Å². The number of aromatic nitrogens is 2. The van der Waals surface area contributed by atoms with Crippen molar-refractivity contribution in [2.75, 3.05) is 61.5 Å². The molecule has 2 aromatic heterocycles. The summed E-state index contributed by atoms with van der Waals surface area (Å²) in [5.41, 5.74) is 8.20. The fourth-order valence-electron chi connectivity index (χ4n) is 4.75. The van der Waals surface area contributed by atoms with Gasteiger partial charge in [-0.15, -0.1) is 0 Å². The fourth-order valence-corrected chi connectivity index (χ4v) is 4.75. The Hall–Kier alpha value is -4.26. The fraction of sp³-hybridized carbons (Fsp3) is 0.312. The van der Waals surface area contributed by atoms with Crippen LogP contribution >= 0.6 is 0 Å².